The van der Waals surface area contributed by atoms with Crippen LogP contribution in [0.25, 0.3) is 0 Å². The van der Waals surface area contributed by atoms with Crippen molar-refractivity contribution in [3.8, 4) is 0 Å². The minimum absolute atomic E-state index is 0.184. The van der Waals surface area contributed by atoms with Gasteiger partial charge in [0.25, 0.3) is 5.91 Å². The molecule has 0 radical (unpaired) electrons. The number of benzene rings is 1. The number of carbonyl (C=O) groups excluding carboxylic acids is 2. The van der Waals surface area contributed by atoms with E-state index in [-0.39, 0.29) is 11.9 Å². The molecular weight excluding hydrogens is 302 g/mol. The van der Waals surface area contributed by atoms with Gasteiger partial charge in [0.05, 0.1) is 6.67 Å². The Morgan fingerprint density at radius 2 is 1.58 bits per heavy atom. The molecule has 0 spiro atoms. The van der Waals surface area contributed by atoms with E-state index >= 15 is 0 Å². The van der Waals surface area contributed by atoms with Crippen molar-refractivity contribution in [1.29, 1.82) is 0 Å². The lowest BCUT2D eigenvalue weighted by atomic mass is 9.92. The van der Waals surface area contributed by atoms with Gasteiger partial charge in [-0.25, -0.2) is 9.69 Å². The van der Waals surface area contributed by atoms with Gasteiger partial charge in [-0.05, 0) is 24.3 Å². The largest absolute Gasteiger partial charge is 0.326 e. The predicted octanol–water partition coefficient (Wildman–Crippen LogP) is 3.03. The molecule has 1 N–H and O–H groups in total. The van der Waals surface area contributed by atoms with Crippen LogP contribution in [0.3, 0.4) is 0 Å². The van der Waals surface area contributed by atoms with Crippen LogP contribution in [0.4, 0.5) is 4.79 Å². The number of hydrogen-bond acceptors (Lipinski definition) is 3. The fourth-order valence-electron chi connectivity index (χ4n) is 3.22. The quantitative estimate of drug-likeness (QED) is 0.781. The van der Waals surface area contributed by atoms with Crippen LogP contribution in [0.5, 0.6) is 0 Å². The van der Waals surface area contributed by atoms with Crippen LogP contribution in [-0.2, 0) is 10.3 Å². The molecule has 0 saturated carbocycles. The van der Waals surface area contributed by atoms with Crippen molar-refractivity contribution in [3.63, 3.8) is 0 Å². The van der Waals surface area contributed by atoms with E-state index < -0.39 is 5.54 Å². The second-order valence-electron chi connectivity index (χ2n) is 7.62. The minimum atomic E-state index is -0.986. The molecule has 0 bridgehead atoms. The molecule has 132 valence electrons. The predicted molar refractivity (Wildman–Crippen MR) is 95.3 cm³/mol. The second-order valence-corrected chi connectivity index (χ2v) is 7.62. The van der Waals surface area contributed by atoms with Crippen LogP contribution >= 0.6 is 0 Å². The van der Waals surface area contributed by atoms with E-state index in [9.17, 15) is 9.59 Å². The lowest BCUT2D eigenvalue weighted by molar-refractivity contribution is -0.132. The van der Waals surface area contributed by atoms with E-state index in [0.717, 1.165) is 18.7 Å². The Bertz CT molecular complexity index is 576. The first-order valence-electron chi connectivity index (χ1n) is 8.66. The van der Waals surface area contributed by atoms with Crippen molar-refractivity contribution in [3.05, 3.63) is 35.9 Å². The maximum absolute atomic E-state index is 13.0. The summed E-state index contributed by atoms with van der Waals surface area (Å²) in [4.78, 5) is 28.9. The molecule has 24 heavy (non-hydrogen) atoms. The lowest BCUT2D eigenvalue weighted by Gasteiger charge is -2.29. The van der Waals surface area contributed by atoms with Crippen molar-refractivity contribution in [2.75, 3.05) is 19.8 Å². The average Bonchev–Trinajstić information content (AvgIpc) is 2.71. The standard InChI is InChI=1S/C19H29N3O2/c1-14(2)11-21(12-15(3)4)13-22-17(23)19(5,20-18(22)24)16-9-7-6-8-10-16/h6-10,14-15H,11-13H2,1-5H3,(H,20,24)/t19-/m0/s1. The van der Waals surface area contributed by atoms with Gasteiger partial charge in [-0.3, -0.25) is 9.69 Å². The molecule has 3 amide bonds. The highest BCUT2D eigenvalue weighted by molar-refractivity contribution is 6.07. The zero-order valence-electron chi connectivity index (χ0n) is 15.4. The van der Waals surface area contributed by atoms with Gasteiger partial charge in [0, 0.05) is 13.1 Å². The van der Waals surface area contributed by atoms with Crippen molar-refractivity contribution in [2.45, 2.75) is 40.2 Å². The van der Waals surface area contributed by atoms with Gasteiger partial charge in [0.15, 0.2) is 0 Å². The van der Waals surface area contributed by atoms with Crippen LogP contribution in [-0.4, -0.2) is 41.5 Å². The number of urea groups is 1. The molecule has 1 heterocycles. The molecule has 5 nitrogen and oxygen atoms in total. The molecule has 0 aliphatic carbocycles. The van der Waals surface area contributed by atoms with Crippen LogP contribution < -0.4 is 5.32 Å². The van der Waals surface area contributed by atoms with Crippen LogP contribution in [0.2, 0.25) is 0 Å². The third kappa shape index (κ3) is 3.96. The molecule has 0 aromatic heterocycles. The maximum atomic E-state index is 13.0. The summed E-state index contributed by atoms with van der Waals surface area (Å²) in [6, 6.07) is 9.10. The van der Waals surface area contributed by atoms with E-state index in [2.05, 4.69) is 37.9 Å². The first kappa shape index (κ1) is 18.5. The Kier molecular flexibility index (Phi) is 5.65. The number of imide groups is 1. The van der Waals surface area contributed by atoms with Crippen molar-refractivity contribution < 1.29 is 9.59 Å². The summed E-state index contributed by atoms with van der Waals surface area (Å²) in [5.74, 6) is 0.770. The fraction of sp³-hybridized carbons (Fsp3) is 0.579. The number of rotatable bonds is 7. The summed E-state index contributed by atoms with van der Waals surface area (Å²) < 4.78 is 0. The van der Waals surface area contributed by atoms with Crippen molar-refractivity contribution in [2.24, 2.45) is 11.8 Å². The summed E-state index contributed by atoms with van der Waals surface area (Å²) in [5, 5.41) is 2.87. The number of nitrogens with zero attached hydrogens (tertiary/aromatic N) is 2. The van der Waals surface area contributed by atoms with E-state index in [0.29, 0.717) is 18.5 Å². The van der Waals surface area contributed by atoms with E-state index in [1.54, 1.807) is 6.92 Å². The van der Waals surface area contributed by atoms with Gasteiger partial charge in [-0.1, -0.05) is 58.0 Å². The minimum Gasteiger partial charge on any atom is -0.319 e. The lowest BCUT2D eigenvalue weighted by Crippen LogP contribution is -2.45. The maximum Gasteiger partial charge on any atom is 0.326 e. The van der Waals surface area contributed by atoms with Gasteiger partial charge in [-0.15, -0.1) is 0 Å². The van der Waals surface area contributed by atoms with E-state index in [4.69, 9.17) is 0 Å². The highest BCUT2D eigenvalue weighted by Crippen LogP contribution is 2.28. The summed E-state index contributed by atoms with van der Waals surface area (Å²) >= 11 is 0. The Hall–Kier alpha value is -1.88. The Balaban J connectivity index is 2.18. The Morgan fingerprint density at radius 1 is 1.04 bits per heavy atom. The van der Waals surface area contributed by atoms with Crippen LogP contribution in [0.15, 0.2) is 30.3 Å². The highest BCUT2D eigenvalue weighted by atomic mass is 16.2. The highest BCUT2D eigenvalue weighted by Gasteiger charge is 2.49. The molecular formula is C19H29N3O2. The Morgan fingerprint density at radius 3 is 2.08 bits per heavy atom. The SMILES string of the molecule is CC(C)CN(CC(C)C)CN1C(=O)N[C@@](C)(c2ccccc2)C1=O. The topological polar surface area (TPSA) is 52.6 Å². The molecule has 1 fully saturated rings. The third-order valence-electron chi connectivity index (χ3n) is 4.21. The van der Waals surface area contributed by atoms with Crippen molar-refractivity contribution in [1.82, 2.24) is 15.1 Å². The average molecular weight is 331 g/mol. The monoisotopic (exact) mass is 331 g/mol. The number of hydrogen-bond donors (Lipinski definition) is 1. The molecule has 1 aliphatic rings. The second kappa shape index (κ2) is 7.34. The molecule has 1 saturated heterocycles. The molecule has 1 aromatic carbocycles. The third-order valence-corrected chi connectivity index (χ3v) is 4.21. The smallest absolute Gasteiger partial charge is 0.319 e. The molecule has 5 heteroatoms. The van der Waals surface area contributed by atoms with E-state index in [1.807, 2.05) is 30.3 Å². The summed E-state index contributed by atoms with van der Waals surface area (Å²) in [6.45, 7) is 12.4. The zero-order chi connectivity index (χ0) is 17.9. The van der Waals surface area contributed by atoms with Gasteiger partial charge >= 0.3 is 6.03 Å². The molecule has 1 aromatic rings. The van der Waals surface area contributed by atoms with Crippen LogP contribution in [0, 0.1) is 11.8 Å². The molecule has 0 unspecified atom stereocenters. The Labute approximate surface area is 145 Å². The van der Waals surface area contributed by atoms with E-state index in [1.165, 1.54) is 4.90 Å². The van der Waals surface area contributed by atoms with Crippen molar-refractivity contribution >= 4 is 11.9 Å². The van der Waals surface area contributed by atoms with Gasteiger partial charge in [0.2, 0.25) is 0 Å². The number of carbonyl (C=O) groups is 2. The van der Waals surface area contributed by atoms with Gasteiger partial charge < -0.3 is 5.32 Å². The summed E-state index contributed by atoms with van der Waals surface area (Å²) in [6.07, 6.45) is 0. The summed E-state index contributed by atoms with van der Waals surface area (Å²) in [5.41, 5.74) is -0.176. The number of nitrogens with one attached hydrogen (secondary N) is 1. The molecule has 2 rings (SSSR count). The van der Waals surface area contributed by atoms with Gasteiger partial charge in [0.1, 0.15) is 5.54 Å². The summed E-state index contributed by atoms with van der Waals surface area (Å²) in [7, 11) is 0. The number of amides is 3. The molecule has 1 atom stereocenters. The first-order chi connectivity index (χ1) is 11.2. The van der Waals surface area contributed by atoms with Gasteiger partial charge in [-0.2, -0.15) is 0 Å². The normalized spacial score (nSPS) is 21.2. The fourth-order valence-corrected chi connectivity index (χ4v) is 3.22. The first-order valence-corrected chi connectivity index (χ1v) is 8.66. The van der Waals surface area contributed by atoms with Crippen LogP contribution in [0.1, 0.15) is 40.2 Å². The molecule has 1 aliphatic heterocycles. The zero-order valence-corrected chi connectivity index (χ0v) is 15.4.